The van der Waals surface area contributed by atoms with E-state index in [2.05, 4.69) is 0 Å². The van der Waals surface area contributed by atoms with Crippen LogP contribution in [0.1, 0.15) is 31.4 Å². The van der Waals surface area contributed by atoms with Gasteiger partial charge in [-0.25, -0.2) is 4.79 Å². The van der Waals surface area contributed by atoms with Gasteiger partial charge in [0.15, 0.2) is 17.1 Å². The van der Waals surface area contributed by atoms with E-state index in [1.165, 1.54) is 17.4 Å². The molecule has 3 aromatic heterocycles. The molecular weight excluding hydrogens is 416 g/mol. The number of hydrogen-bond acceptors (Lipinski definition) is 6. The van der Waals surface area contributed by atoms with Crippen LogP contribution in [0.15, 0.2) is 62.7 Å². The van der Waals surface area contributed by atoms with Crippen LogP contribution in [0.25, 0.3) is 33.3 Å². The molecule has 31 heavy (non-hydrogen) atoms. The molecule has 0 radical (unpaired) electrons. The number of carboxylic acid groups (broad SMARTS) is 1. The number of thiophene rings is 1. The summed E-state index contributed by atoms with van der Waals surface area (Å²) in [5, 5.41) is 23.0. The third-order valence-corrected chi connectivity index (χ3v) is 6.19. The molecule has 0 unspecified atom stereocenters. The second-order valence-electron chi connectivity index (χ2n) is 7.26. The molecule has 6 nitrogen and oxygen atoms in total. The van der Waals surface area contributed by atoms with Gasteiger partial charge in [0.2, 0.25) is 5.78 Å². The second-order valence-corrected chi connectivity index (χ2v) is 8.23. The van der Waals surface area contributed by atoms with Gasteiger partial charge in [-0.1, -0.05) is 30.3 Å². The number of furan rings is 2. The normalized spacial score (nSPS) is 11.4. The minimum absolute atomic E-state index is 0.0178. The van der Waals surface area contributed by atoms with Gasteiger partial charge in [0.1, 0.15) is 11.3 Å². The van der Waals surface area contributed by atoms with E-state index in [1.807, 2.05) is 25.1 Å². The van der Waals surface area contributed by atoms with Crippen LogP contribution in [0.3, 0.4) is 0 Å². The molecular formula is C24H16O6S. The molecule has 2 aromatic carbocycles. The van der Waals surface area contributed by atoms with E-state index in [0.29, 0.717) is 27.2 Å². The zero-order chi connectivity index (χ0) is 21.7. The molecule has 0 saturated heterocycles. The molecule has 5 aromatic rings. The highest BCUT2D eigenvalue weighted by atomic mass is 32.1. The van der Waals surface area contributed by atoms with Crippen molar-refractivity contribution in [3.8, 4) is 17.1 Å². The van der Waals surface area contributed by atoms with Gasteiger partial charge in [-0.15, -0.1) is 11.3 Å². The Balaban J connectivity index is 1.53. The molecule has 5 rings (SSSR count). The summed E-state index contributed by atoms with van der Waals surface area (Å²) >= 11 is 1.18. The number of carboxylic acids is 1. The molecule has 0 aliphatic rings. The fourth-order valence-electron chi connectivity index (χ4n) is 3.70. The van der Waals surface area contributed by atoms with E-state index in [9.17, 15) is 19.8 Å². The molecule has 0 fully saturated rings. The van der Waals surface area contributed by atoms with Gasteiger partial charge >= 0.3 is 5.97 Å². The van der Waals surface area contributed by atoms with Crippen molar-refractivity contribution >= 4 is 45.0 Å². The van der Waals surface area contributed by atoms with Gasteiger partial charge in [0.05, 0.1) is 5.56 Å². The standard InChI is InChI=1S/C24H16O6S/c1-12-4-2-5-13-9-19(30-22(12)13)17(26)10-20-21(24(27)28)15(11-31-20)18-8-14-6-3-7-16(25)23(14)29-18/h2-9,11,25H,10H2,1H3,(H,27,28). The van der Waals surface area contributed by atoms with Crippen molar-refractivity contribution in [2.24, 2.45) is 0 Å². The molecule has 0 bridgehead atoms. The summed E-state index contributed by atoms with van der Waals surface area (Å²) in [6.45, 7) is 1.90. The largest absolute Gasteiger partial charge is 0.504 e. The molecule has 0 spiro atoms. The van der Waals surface area contributed by atoms with Crippen molar-refractivity contribution in [1.29, 1.82) is 0 Å². The number of benzene rings is 2. The fraction of sp³-hybridized carbons (Fsp3) is 0.0833. The molecule has 0 atom stereocenters. The lowest BCUT2D eigenvalue weighted by atomic mass is 10.0. The van der Waals surface area contributed by atoms with Crippen molar-refractivity contribution in [2.75, 3.05) is 0 Å². The zero-order valence-corrected chi connectivity index (χ0v) is 17.2. The highest BCUT2D eigenvalue weighted by molar-refractivity contribution is 7.11. The summed E-state index contributed by atoms with van der Waals surface area (Å²) in [4.78, 5) is 25.3. The average molecular weight is 432 g/mol. The lowest BCUT2D eigenvalue weighted by Crippen LogP contribution is -2.06. The topological polar surface area (TPSA) is 101 Å². The van der Waals surface area contributed by atoms with E-state index >= 15 is 0 Å². The first-order valence-corrected chi connectivity index (χ1v) is 10.4. The lowest BCUT2D eigenvalue weighted by Gasteiger charge is -2.01. The Morgan fingerprint density at radius 3 is 2.45 bits per heavy atom. The molecule has 0 aliphatic heterocycles. The lowest BCUT2D eigenvalue weighted by molar-refractivity contribution is 0.0697. The Morgan fingerprint density at radius 2 is 1.74 bits per heavy atom. The monoisotopic (exact) mass is 432 g/mol. The number of carbonyl (C=O) groups excluding carboxylic acids is 1. The van der Waals surface area contributed by atoms with Crippen LogP contribution in [0, 0.1) is 6.92 Å². The third-order valence-electron chi connectivity index (χ3n) is 5.21. The van der Waals surface area contributed by atoms with Crippen molar-refractivity contribution in [2.45, 2.75) is 13.3 Å². The number of hydrogen-bond donors (Lipinski definition) is 2. The highest BCUT2D eigenvalue weighted by Crippen LogP contribution is 2.38. The summed E-state index contributed by atoms with van der Waals surface area (Å²) in [6, 6.07) is 14.0. The summed E-state index contributed by atoms with van der Waals surface area (Å²) in [6.07, 6.45) is -0.101. The van der Waals surface area contributed by atoms with E-state index in [0.717, 1.165) is 10.9 Å². The number of aromatic carboxylic acids is 1. The van der Waals surface area contributed by atoms with Gasteiger partial charge in [-0.2, -0.15) is 0 Å². The summed E-state index contributed by atoms with van der Waals surface area (Å²) in [5.41, 5.74) is 2.25. The number of carbonyl (C=O) groups is 2. The predicted molar refractivity (Wildman–Crippen MR) is 117 cm³/mol. The average Bonchev–Trinajstić information content (AvgIpc) is 3.44. The zero-order valence-electron chi connectivity index (χ0n) is 16.3. The number of aromatic hydroxyl groups is 1. The van der Waals surface area contributed by atoms with Gasteiger partial charge in [-0.3, -0.25) is 4.79 Å². The van der Waals surface area contributed by atoms with Crippen molar-refractivity contribution < 1.29 is 28.6 Å². The van der Waals surface area contributed by atoms with Crippen LogP contribution in [-0.4, -0.2) is 22.0 Å². The quantitative estimate of drug-likeness (QED) is 0.328. The van der Waals surface area contributed by atoms with Crippen LogP contribution in [0.4, 0.5) is 0 Å². The highest BCUT2D eigenvalue weighted by Gasteiger charge is 2.25. The number of phenolic OH excluding ortho intramolecular Hbond substituents is 1. The van der Waals surface area contributed by atoms with Gasteiger partial charge in [-0.05, 0) is 30.7 Å². The molecule has 0 amide bonds. The van der Waals surface area contributed by atoms with Crippen molar-refractivity contribution in [3.63, 3.8) is 0 Å². The van der Waals surface area contributed by atoms with Gasteiger partial charge in [0.25, 0.3) is 0 Å². The first-order chi connectivity index (χ1) is 14.9. The number of rotatable bonds is 5. The number of para-hydroxylation sites is 2. The van der Waals surface area contributed by atoms with E-state index in [1.54, 1.807) is 29.6 Å². The number of ketones is 1. The van der Waals surface area contributed by atoms with Crippen LogP contribution in [-0.2, 0) is 6.42 Å². The fourth-order valence-corrected chi connectivity index (χ4v) is 4.73. The van der Waals surface area contributed by atoms with Crippen LogP contribution in [0.5, 0.6) is 5.75 Å². The predicted octanol–water partition coefficient (Wildman–Crippen LogP) is 6.05. The second kappa shape index (κ2) is 7.14. The maximum atomic E-state index is 12.9. The Kier molecular flexibility index (Phi) is 4.41. The number of Topliss-reactive ketones (excluding diaryl/α,β-unsaturated/α-hetero) is 1. The Hall–Kier alpha value is -3.84. The van der Waals surface area contributed by atoms with Gasteiger partial charge in [0, 0.05) is 33.0 Å². The smallest absolute Gasteiger partial charge is 0.337 e. The van der Waals surface area contributed by atoms with Crippen LogP contribution in [0.2, 0.25) is 0 Å². The summed E-state index contributed by atoms with van der Waals surface area (Å²) < 4.78 is 11.5. The Bertz CT molecular complexity index is 1480. The third kappa shape index (κ3) is 3.19. The minimum Gasteiger partial charge on any atom is -0.504 e. The van der Waals surface area contributed by atoms with Crippen LogP contribution < -0.4 is 0 Å². The number of phenols is 1. The minimum atomic E-state index is -1.15. The van der Waals surface area contributed by atoms with Crippen molar-refractivity contribution in [1.82, 2.24) is 0 Å². The molecule has 2 N–H and O–H groups in total. The number of aryl methyl sites for hydroxylation is 1. The molecule has 3 heterocycles. The molecule has 7 heteroatoms. The molecule has 0 saturated carbocycles. The maximum Gasteiger partial charge on any atom is 0.337 e. The van der Waals surface area contributed by atoms with Crippen molar-refractivity contribution in [3.05, 3.63) is 75.7 Å². The van der Waals surface area contributed by atoms with E-state index in [4.69, 9.17) is 8.83 Å². The maximum absolute atomic E-state index is 12.9. The van der Waals surface area contributed by atoms with Gasteiger partial charge < -0.3 is 19.0 Å². The Morgan fingerprint density at radius 1 is 1.00 bits per heavy atom. The Labute approximate surface area is 180 Å². The molecule has 154 valence electrons. The summed E-state index contributed by atoms with van der Waals surface area (Å²) in [5.74, 6) is -0.947. The van der Waals surface area contributed by atoms with Crippen LogP contribution >= 0.6 is 11.3 Å². The SMILES string of the molecule is Cc1cccc2cc(C(=O)Cc3scc(-c4cc5cccc(O)c5o4)c3C(=O)O)oc12. The van der Waals surface area contributed by atoms with E-state index < -0.39 is 5.97 Å². The summed E-state index contributed by atoms with van der Waals surface area (Å²) in [7, 11) is 0. The first-order valence-electron chi connectivity index (χ1n) is 9.50. The number of fused-ring (bicyclic) bond motifs is 2. The molecule has 0 aliphatic carbocycles. The van der Waals surface area contributed by atoms with E-state index in [-0.39, 0.29) is 34.9 Å². The first kappa shape index (κ1) is 19.1.